The summed E-state index contributed by atoms with van der Waals surface area (Å²) in [5, 5.41) is 2.61. The Morgan fingerprint density at radius 3 is 2.32 bits per heavy atom. The SMILES string of the molecule is CC(C)c1ccccc1OC(=O)NCCc1ccc(C(F)(F)F)cc1. The van der Waals surface area contributed by atoms with Crippen LogP contribution in [0.2, 0.25) is 0 Å². The van der Waals surface area contributed by atoms with Crippen LogP contribution in [-0.2, 0) is 12.6 Å². The van der Waals surface area contributed by atoms with E-state index in [4.69, 9.17) is 4.74 Å². The average Bonchev–Trinajstić information content (AvgIpc) is 2.55. The van der Waals surface area contributed by atoms with Crippen molar-refractivity contribution in [1.29, 1.82) is 0 Å². The fourth-order valence-electron chi connectivity index (χ4n) is 2.36. The highest BCUT2D eigenvalue weighted by Gasteiger charge is 2.29. The third kappa shape index (κ3) is 5.52. The maximum absolute atomic E-state index is 12.5. The maximum atomic E-state index is 12.5. The lowest BCUT2D eigenvalue weighted by Crippen LogP contribution is -2.29. The molecule has 6 heteroatoms. The van der Waals surface area contributed by atoms with Gasteiger partial charge in [0, 0.05) is 6.54 Å². The molecule has 0 aliphatic rings. The van der Waals surface area contributed by atoms with Gasteiger partial charge in [-0.1, -0.05) is 44.2 Å². The lowest BCUT2D eigenvalue weighted by atomic mass is 10.0. The zero-order valence-corrected chi connectivity index (χ0v) is 14.1. The predicted octanol–water partition coefficient (Wildman–Crippen LogP) is 5.16. The van der Waals surface area contributed by atoms with Crippen LogP contribution in [0.15, 0.2) is 48.5 Å². The van der Waals surface area contributed by atoms with Crippen LogP contribution in [0.25, 0.3) is 0 Å². The van der Waals surface area contributed by atoms with Crippen molar-refractivity contribution in [2.45, 2.75) is 32.4 Å². The molecule has 0 spiro atoms. The number of benzene rings is 2. The molecule has 0 atom stereocenters. The van der Waals surface area contributed by atoms with Crippen LogP contribution in [0.1, 0.15) is 36.5 Å². The first-order valence-corrected chi connectivity index (χ1v) is 7.98. The minimum Gasteiger partial charge on any atom is -0.410 e. The Balaban J connectivity index is 1.85. The first-order valence-electron chi connectivity index (χ1n) is 7.98. The molecule has 25 heavy (non-hydrogen) atoms. The van der Waals surface area contributed by atoms with E-state index >= 15 is 0 Å². The summed E-state index contributed by atoms with van der Waals surface area (Å²) in [6.07, 6.45) is -4.51. The van der Waals surface area contributed by atoms with Gasteiger partial charge in [0.25, 0.3) is 0 Å². The number of rotatable bonds is 5. The van der Waals surface area contributed by atoms with E-state index in [0.717, 1.165) is 17.7 Å². The molecule has 0 bridgehead atoms. The molecule has 134 valence electrons. The van der Waals surface area contributed by atoms with E-state index in [9.17, 15) is 18.0 Å². The van der Waals surface area contributed by atoms with Crippen molar-refractivity contribution >= 4 is 6.09 Å². The van der Waals surface area contributed by atoms with Gasteiger partial charge in [-0.15, -0.1) is 0 Å². The molecule has 2 aromatic carbocycles. The van der Waals surface area contributed by atoms with Gasteiger partial charge in [0.1, 0.15) is 5.75 Å². The van der Waals surface area contributed by atoms with Crippen molar-refractivity contribution < 1.29 is 22.7 Å². The second-order valence-corrected chi connectivity index (χ2v) is 5.95. The molecule has 0 radical (unpaired) electrons. The molecule has 2 rings (SSSR count). The fourth-order valence-corrected chi connectivity index (χ4v) is 2.36. The highest BCUT2D eigenvalue weighted by molar-refractivity contribution is 5.70. The quantitative estimate of drug-likeness (QED) is 0.808. The minimum atomic E-state index is -4.34. The standard InChI is InChI=1S/C19H20F3NO2/c1-13(2)16-5-3-4-6-17(16)25-18(24)23-12-11-14-7-9-15(10-8-14)19(20,21)22/h3-10,13H,11-12H2,1-2H3,(H,23,24). The normalized spacial score (nSPS) is 11.4. The third-order valence-corrected chi connectivity index (χ3v) is 3.71. The number of carbonyl (C=O) groups is 1. The van der Waals surface area contributed by atoms with Crippen LogP contribution in [0.4, 0.5) is 18.0 Å². The number of halogens is 3. The molecule has 2 aromatic rings. The molecule has 0 aliphatic carbocycles. The fraction of sp³-hybridized carbons (Fsp3) is 0.316. The zero-order valence-electron chi connectivity index (χ0n) is 14.1. The Kier molecular flexibility index (Phi) is 6.07. The highest BCUT2D eigenvalue weighted by atomic mass is 19.4. The second-order valence-electron chi connectivity index (χ2n) is 5.95. The molecule has 1 amide bonds. The van der Waals surface area contributed by atoms with Crippen molar-refractivity contribution in [3.63, 3.8) is 0 Å². The summed E-state index contributed by atoms with van der Waals surface area (Å²) in [5.41, 5.74) is 0.949. The number of alkyl halides is 3. The number of hydrogen-bond acceptors (Lipinski definition) is 2. The minimum absolute atomic E-state index is 0.219. The van der Waals surface area contributed by atoms with E-state index in [2.05, 4.69) is 5.32 Å². The summed E-state index contributed by atoms with van der Waals surface area (Å²) in [4.78, 5) is 11.9. The van der Waals surface area contributed by atoms with Gasteiger partial charge in [0.05, 0.1) is 5.56 Å². The summed E-state index contributed by atoms with van der Waals surface area (Å²) in [6.45, 7) is 4.28. The smallest absolute Gasteiger partial charge is 0.410 e. The number of carbonyl (C=O) groups excluding carboxylic acids is 1. The monoisotopic (exact) mass is 351 g/mol. The molecular formula is C19H20F3NO2. The largest absolute Gasteiger partial charge is 0.416 e. The molecule has 0 aromatic heterocycles. The molecule has 0 aliphatic heterocycles. The zero-order chi connectivity index (χ0) is 18.4. The molecule has 1 N–H and O–H groups in total. The van der Waals surface area contributed by atoms with Gasteiger partial charge < -0.3 is 10.1 Å². The average molecular weight is 351 g/mol. The van der Waals surface area contributed by atoms with E-state index in [0.29, 0.717) is 17.7 Å². The number of ether oxygens (including phenoxy) is 1. The van der Waals surface area contributed by atoms with Crippen LogP contribution in [0.5, 0.6) is 5.75 Å². The first kappa shape index (κ1) is 18.8. The molecule has 0 fully saturated rings. The Labute approximate surface area is 144 Å². The molecule has 3 nitrogen and oxygen atoms in total. The van der Waals surface area contributed by atoms with Crippen molar-refractivity contribution in [3.05, 3.63) is 65.2 Å². The number of hydrogen-bond donors (Lipinski definition) is 1. The summed E-state index contributed by atoms with van der Waals surface area (Å²) >= 11 is 0. The Morgan fingerprint density at radius 2 is 1.72 bits per heavy atom. The topological polar surface area (TPSA) is 38.3 Å². The lowest BCUT2D eigenvalue weighted by molar-refractivity contribution is -0.137. The third-order valence-electron chi connectivity index (χ3n) is 3.71. The van der Waals surface area contributed by atoms with Gasteiger partial charge >= 0.3 is 12.3 Å². The summed E-state index contributed by atoms with van der Waals surface area (Å²) in [6, 6.07) is 12.2. The Morgan fingerprint density at radius 1 is 1.08 bits per heavy atom. The molecule has 0 saturated heterocycles. The van der Waals surface area contributed by atoms with Crippen molar-refractivity contribution in [1.82, 2.24) is 5.32 Å². The van der Waals surface area contributed by atoms with Crippen LogP contribution >= 0.6 is 0 Å². The van der Waals surface area contributed by atoms with E-state index in [1.807, 2.05) is 26.0 Å². The molecule has 0 saturated carbocycles. The van der Waals surface area contributed by atoms with Gasteiger partial charge in [-0.2, -0.15) is 13.2 Å². The molecule has 0 unspecified atom stereocenters. The van der Waals surface area contributed by atoms with Gasteiger partial charge in [-0.25, -0.2) is 4.79 Å². The van der Waals surface area contributed by atoms with Gasteiger partial charge in [-0.3, -0.25) is 0 Å². The summed E-state index contributed by atoms with van der Waals surface area (Å²) in [5.74, 6) is 0.723. The maximum Gasteiger partial charge on any atom is 0.416 e. The van der Waals surface area contributed by atoms with Crippen molar-refractivity contribution in [2.24, 2.45) is 0 Å². The van der Waals surface area contributed by atoms with Crippen LogP contribution < -0.4 is 10.1 Å². The molecule has 0 heterocycles. The van der Waals surface area contributed by atoms with Gasteiger partial charge in [-0.05, 0) is 41.7 Å². The van der Waals surface area contributed by atoms with E-state index in [1.54, 1.807) is 12.1 Å². The van der Waals surface area contributed by atoms with Crippen LogP contribution in [-0.4, -0.2) is 12.6 Å². The number of para-hydroxylation sites is 1. The van der Waals surface area contributed by atoms with Gasteiger partial charge in [0.2, 0.25) is 0 Å². The predicted molar refractivity (Wildman–Crippen MR) is 89.7 cm³/mol. The van der Waals surface area contributed by atoms with Crippen molar-refractivity contribution in [3.8, 4) is 5.75 Å². The van der Waals surface area contributed by atoms with Crippen LogP contribution in [0, 0.1) is 0 Å². The van der Waals surface area contributed by atoms with Crippen LogP contribution in [0.3, 0.4) is 0 Å². The highest BCUT2D eigenvalue weighted by Crippen LogP contribution is 2.29. The summed E-state index contributed by atoms with van der Waals surface area (Å²) in [7, 11) is 0. The Hall–Kier alpha value is -2.50. The number of amides is 1. The lowest BCUT2D eigenvalue weighted by Gasteiger charge is -2.13. The summed E-state index contributed by atoms with van der Waals surface area (Å²) < 4.78 is 42.8. The Bertz CT molecular complexity index is 709. The van der Waals surface area contributed by atoms with Crippen molar-refractivity contribution in [2.75, 3.05) is 6.54 Å². The van der Waals surface area contributed by atoms with E-state index in [-0.39, 0.29) is 12.5 Å². The first-order chi connectivity index (χ1) is 11.8. The number of nitrogens with one attached hydrogen (secondary N) is 1. The second kappa shape index (κ2) is 8.05. The van der Waals surface area contributed by atoms with Gasteiger partial charge in [0.15, 0.2) is 0 Å². The van der Waals surface area contributed by atoms with E-state index in [1.165, 1.54) is 12.1 Å². The molecular weight excluding hydrogens is 331 g/mol. The van der Waals surface area contributed by atoms with E-state index < -0.39 is 17.8 Å².